The number of aliphatic carboxylic acids is 2. The van der Waals surface area contributed by atoms with Gasteiger partial charge < -0.3 is 10.2 Å². The third-order valence-corrected chi connectivity index (χ3v) is 3.61. The molecule has 0 aromatic carbocycles. The number of carboxylic acids is 2. The number of rotatable bonds is 2. The summed E-state index contributed by atoms with van der Waals surface area (Å²) >= 11 is 0. The summed E-state index contributed by atoms with van der Waals surface area (Å²) < 4.78 is 0. The van der Waals surface area contributed by atoms with Gasteiger partial charge in [-0.25, -0.2) is 0 Å². The highest BCUT2D eigenvalue weighted by molar-refractivity contribution is 5.74. The molecule has 2 atom stereocenters. The minimum absolute atomic E-state index is 0.218. The molecule has 2 N–H and O–H groups in total. The first-order valence-electron chi connectivity index (χ1n) is 6.29. The van der Waals surface area contributed by atoms with Gasteiger partial charge in [-0.2, -0.15) is 0 Å². The van der Waals surface area contributed by atoms with Crippen molar-refractivity contribution in [2.45, 2.75) is 37.8 Å². The van der Waals surface area contributed by atoms with Gasteiger partial charge in [0.1, 0.15) is 12.1 Å². The van der Waals surface area contributed by atoms with Crippen molar-refractivity contribution in [2.24, 2.45) is 0 Å². The lowest BCUT2D eigenvalue weighted by atomic mass is 10.2. The maximum atomic E-state index is 10.4. The van der Waals surface area contributed by atoms with Gasteiger partial charge in [0.25, 0.3) is 0 Å². The predicted molar refractivity (Wildman–Crippen MR) is 66.6 cm³/mol. The number of hydrogen-bond donors (Lipinski definition) is 2. The van der Waals surface area contributed by atoms with Gasteiger partial charge in [0.2, 0.25) is 0 Å². The Morgan fingerprint density at radius 2 is 1.22 bits per heavy atom. The molecule has 2 saturated heterocycles. The summed E-state index contributed by atoms with van der Waals surface area (Å²) in [6, 6.07) is -0.435. The zero-order valence-corrected chi connectivity index (χ0v) is 11.0. The number of likely N-dealkylation sites (N-methyl/N-ethyl adjacent to an activating group) is 2. The normalized spacial score (nSPS) is 28.8. The summed E-state index contributed by atoms with van der Waals surface area (Å²) in [4.78, 5) is 24.5. The second-order valence-corrected chi connectivity index (χ2v) is 4.95. The SMILES string of the molecule is CN1CCC[C@@H]1C(=O)O.CN1CCC[C@@H]1C(=O)O. The molecule has 2 aliphatic rings. The lowest BCUT2D eigenvalue weighted by molar-refractivity contribution is -0.142. The third-order valence-electron chi connectivity index (χ3n) is 3.61. The Kier molecular flexibility index (Phi) is 5.55. The minimum Gasteiger partial charge on any atom is -0.480 e. The van der Waals surface area contributed by atoms with E-state index in [4.69, 9.17) is 10.2 Å². The lowest BCUT2D eigenvalue weighted by Crippen LogP contribution is -2.32. The van der Waals surface area contributed by atoms with E-state index in [0.717, 1.165) is 38.8 Å². The standard InChI is InChI=1S/2C6H11NO2/c2*1-7-4-2-3-5(7)6(8)9/h2*5H,2-4H2,1H3,(H,8,9)/t2*5-/m11/s1. The molecule has 6 nitrogen and oxygen atoms in total. The zero-order chi connectivity index (χ0) is 13.7. The summed E-state index contributed by atoms with van der Waals surface area (Å²) in [5.41, 5.74) is 0. The van der Waals surface area contributed by atoms with Crippen LogP contribution in [0.1, 0.15) is 25.7 Å². The third kappa shape index (κ3) is 3.96. The summed E-state index contributed by atoms with van der Waals surface area (Å²) in [5.74, 6) is -1.37. The first kappa shape index (κ1) is 14.9. The van der Waals surface area contributed by atoms with Crippen LogP contribution in [0.15, 0.2) is 0 Å². The van der Waals surface area contributed by atoms with Crippen LogP contribution in [0.2, 0.25) is 0 Å². The van der Waals surface area contributed by atoms with Crippen LogP contribution < -0.4 is 0 Å². The van der Waals surface area contributed by atoms with E-state index < -0.39 is 11.9 Å². The molecule has 18 heavy (non-hydrogen) atoms. The largest absolute Gasteiger partial charge is 0.480 e. The summed E-state index contributed by atoms with van der Waals surface area (Å²) in [7, 11) is 3.71. The number of carboxylic acid groups (broad SMARTS) is 2. The van der Waals surface area contributed by atoms with Crippen LogP contribution in [0.3, 0.4) is 0 Å². The van der Waals surface area contributed by atoms with Crippen molar-refractivity contribution < 1.29 is 19.8 Å². The molecule has 0 amide bonds. The van der Waals surface area contributed by atoms with Crippen LogP contribution in [0.4, 0.5) is 0 Å². The van der Waals surface area contributed by atoms with Crippen molar-refractivity contribution in [2.75, 3.05) is 27.2 Å². The lowest BCUT2D eigenvalue weighted by Gasteiger charge is -2.13. The molecule has 0 saturated carbocycles. The number of nitrogens with zero attached hydrogens (tertiary/aromatic N) is 2. The quantitative estimate of drug-likeness (QED) is 0.743. The predicted octanol–water partition coefficient (Wildman–Crippen LogP) is 0.330. The summed E-state index contributed by atoms with van der Waals surface area (Å²) in [6.45, 7) is 1.86. The molecule has 0 unspecified atom stereocenters. The maximum Gasteiger partial charge on any atom is 0.320 e. The average molecular weight is 258 g/mol. The van der Waals surface area contributed by atoms with Gasteiger partial charge in [-0.15, -0.1) is 0 Å². The second-order valence-electron chi connectivity index (χ2n) is 4.95. The van der Waals surface area contributed by atoms with E-state index >= 15 is 0 Å². The molecule has 2 aliphatic heterocycles. The maximum absolute atomic E-state index is 10.4. The molecule has 2 fully saturated rings. The van der Waals surface area contributed by atoms with Crippen LogP contribution in [-0.4, -0.2) is 71.2 Å². The van der Waals surface area contributed by atoms with E-state index in [2.05, 4.69) is 0 Å². The molecular formula is C12H22N2O4. The van der Waals surface area contributed by atoms with Crippen LogP contribution in [0.5, 0.6) is 0 Å². The van der Waals surface area contributed by atoms with E-state index in [9.17, 15) is 9.59 Å². The first-order valence-corrected chi connectivity index (χ1v) is 6.29. The fourth-order valence-electron chi connectivity index (χ4n) is 2.44. The van der Waals surface area contributed by atoms with E-state index in [1.54, 1.807) is 0 Å². The molecule has 0 aromatic heterocycles. The van der Waals surface area contributed by atoms with E-state index in [-0.39, 0.29) is 12.1 Å². The molecule has 2 rings (SSSR count). The van der Waals surface area contributed by atoms with Crippen molar-refractivity contribution in [1.82, 2.24) is 9.80 Å². The van der Waals surface area contributed by atoms with Crippen LogP contribution in [0, 0.1) is 0 Å². The molecule has 0 bridgehead atoms. The Hall–Kier alpha value is -1.14. The van der Waals surface area contributed by atoms with E-state index in [1.807, 2.05) is 23.9 Å². The monoisotopic (exact) mass is 258 g/mol. The molecule has 104 valence electrons. The molecule has 6 heteroatoms. The highest BCUT2D eigenvalue weighted by atomic mass is 16.4. The summed E-state index contributed by atoms with van der Waals surface area (Å²) in [6.07, 6.45) is 3.67. The van der Waals surface area contributed by atoms with Crippen molar-refractivity contribution in [3.8, 4) is 0 Å². The molecular weight excluding hydrogens is 236 g/mol. The van der Waals surface area contributed by atoms with Crippen molar-refractivity contribution >= 4 is 11.9 Å². The fraction of sp³-hybridized carbons (Fsp3) is 0.833. The summed E-state index contributed by atoms with van der Waals surface area (Å²) in [5, 5.41) is 17.1. The Bertz CT molecular complexity index is 278. The van der Waals surface area contributed by atoms with Crippen LogP contribution in [0.25, 0.3) is 0 Å². The molecule has 0 aromatic rings. The highest BCUT2D eigenvalue weighted by Crippen LogP contribution is 2.14. The molecule has 2 heterocycles. The van der Waals surface area contributed by atoms with Gasteiger partial charge >= 0.3 is 11.9 Å². The Morgan fingerprint density at radius 3 is 1.33 bits per heavy atom. The Balaban J connectivity index is 0.000000180. The minimum atomic E-state index is -0.685. The zero-order valence-electron chi connectivity index (χ0n) is 11.0. The molecule has 0 aliphatic carbocycles. The number of carbonyl (C=O) groups is 2. The van der Waals surface area contributed by atoms with E-state index in [0.29, 0.717) is 0 Å². The van der Waals surface area contributed by atoms with Gasteiger partial charge in [-0.05, 0) is 52.9 Å². The number of hydrogen-bond acceptors (Lipinski definition) is 4. The molecule has 0 spiro atoms. The van der Waals surface area contributed by atoms with Crippen LogP contribution in [-0.2, 0) is 9.59 Å². The van der Waals surface area contributed by atoms with Crippen molar-refractivity contribution in [1.29, 1.82) is 0 Å². The second kappa shape index (κ2) is 6.70. The van der Waals surface area contributed by atoms with E-state index in [1.165, 1.54) is 0 Å². The van der Waals surface area contributed by atoms with Gasteiger partial charge in [0, 0.05) is 0 Å². The topological polar surface area (TPSA) is 81.1 Å². The van der Waals surface area contributed by atoms with Crippen LogP contribution >= 0.6 is 0 Å². The van der Waals surface area contributed by atoms with Crippen molar-refractivity contribution in [3.05, 3.63) is 0 Å². The molecule has 0 radical (unpaired) electrons. The average Bonchev–Trinajstić information content (AvgIpc) is 2.87. The van der Waals surface area contributed by atoms with Gasteiger partial charge in [0.15, 0.2) is 0 Å². The highest BCUT2D eigenvalue weighted by Gasteiger charge is 2.27. The first-order chi connectivity index (χ1) is 8.43. The van der Waals surface area contributed by atoms with Crippen molar-refractivity contribution in [3.63, 3.8) is 0 Å². The number of likely N-dealkylation sites (tertiary alicyclic amines) is 2. The van der Waals surface area contributed by atoms with Gasteiger partial charge in [-0.3, -0.25) is 19.4 Å². The Morgan fingerprint density at radius 1 is 0.889 bits per heavy atom. The Labute approximate surface area is 107 Å². The fourth-order valence-corrected chi connectivity index (χ4v) is 2.44. The smallest absolute Gasteiger partial charge is 0.320 e. The van der Waals surface area contributed by atoms with Gasteiger partial charge in [-0.1, -0.05) is 0 Å². The van der Waals surface area contributed by atoms with Gasteiger partial charge in [0.05, 0.1) is 0 Å².